The molecule has 1 unspecified atom stereocenters. The SMILES string of the molecule is CC(NCC(C)(C)S(C)(=O)=O)c1ccc(OC(F)F)cc1. The number of sulfone groups is 1. The molecule has 0 aliphatic rings. The van der Waals surface area contributed by atoms with Gasteiger partial charge in [0, 0.05) is 18.8 Å². The lowest BCUT2D eigenvalue weighted by Crippen LogP contribution is -2.42. The van der Waals surface area contributed by atoms with Gasteiger partial charge in [0.1, 0.15) is 5.75 Å². The Hall–Kier alpha value is -1.21. The minimum Gasteiger partial charge on any atom is -0.435 e. The van der Waals surface area contributed by atoms with Crippen molar-refractivity contribution in [3.8, 4) is 5.75 Å². The van der Waals surface area contributed by atoms with Gasteiger partial charge >= 0.3 is 6.61 Å². The minimum atomic E-state index is -3.17. The van der Waals surface area contributed by atoms with Crippen molar-refractivity contribution >= 4 is 9.84 Å². The van der Waals surface area contributed by atoms with Crippen LogP contribution < -0.4 is 10.1 Å². The van der Waals surface area contributed by atoms with Gasteiger partial charge in [0.05, 0.1) is 4.75 Å². The van der Waals surface area contributed by atoms with Crippen LogP contribution in [0.1, 0.15) is 32.4 Å². The van der Waals surface area contributed by atoms with Gasteiger partial charge in [-0.3, -0.25) is 0 Å². The van der Waals surface area contributed by atoms with Crippen LogP contribution in [0.2, 0.25) is 0 Å². The normalized spacial score (nSPS) is 14.2. The zero-order chi connectivity index (χ0) is 16.3. The first-order valence-electron chi connectivity index (χ1n) is 6.51. The van der Waals surface area contributed by atoms with Crippen molar-refractivity contribution in [2.45, 2.75) is 38.2 Å². The largest absolute Gasteiger partial charge is 0.435 e. The quantitative estimate of drug-likeness (QED) is 0.839. The van der Waals surface area contributed by atoms with Crippen molar-refractivity contribution in [1.29, 1.82) is 0 Å². The monoisotopic (exact) mass is 321 g/mol. The zero-order valence-corrected chi connectivity index (χ0v) is 13.4. The van der Waals surface area contributed by atoms with Gasteiger partial charge in [-0.15, -0.1) is 0 Å². The summed E-state index contributed by atoms with van der Waals surface area (Å²) in [5.74, 6) is 0.0948. The molecule has 0 aromatic heterocycles. The summed E-state index contributed by atoms with van der Waals surface area (Å²) < 4.78 is 50.7. The number of benzene rings is 1. The molecule has 0 saturated carbocycles. The van der Waals surface area contributed by atoms with Gasteiger partial charge in [0.25, 0.3) is 0 Å². The fraction of sp³-hybridized carbons (Fsp3) is 0.571. The van der Waals surface area contributed by atoms with Crippen LogP contribution in [0.25, 0.3) is 0 Å². The molecule has 1 rings (SSSR count). The first kappa shape index (κ1) is 17.8. The number of rotatable bonds is 7. The van der Waals surface area contributed by atoms with E-state index in [1.54, 1.807) is 26.0 Å². The van der Waals surface area contributed by atoms with E-state index in [1.165, 1.54) is 18.4 Å². The highest BCUT2D eigenvalue weighted by Crippen LogP contribution is 2.20. The van der Waals surface area contributed by atoms with Gasteiger partial charge in [-0.1, -0.05) is 12.1 Å². The molecule has 0 fully saturated rings. The summed E-state index contributed by atoms with van der Waals surface area (Å²) in [5, 5.41) is 3.14. The van der Waals surface area contributed by atoms with Crippen LogP contribution in [-0.2, 0) is 9.84 Å². The number of hydrogen-bond donors (Lipinski definition) is 1. The molecular weight excluding hydrogens is 300 g/mol. The number of alkyl halides is 2. The van der Waals surface area contributed by atoms with Crippen LogP contribution in [-0.4, -0.2) is 32.6 Å². The maximum atomic E-state index is 12.1. The molecule has 0 amide bonds. The van der Waals surface area contributed by atoms with E-state index in [2.05, 4.69) is 10.1 Å². The number of nitrogens with one attached hydrogen (secondary N) is 1. The highest BCUT2D eigenvalue weighted by Gasteiger charge is 2.30. The maximum Gasteiger partial charge on any atom is 0.387 e. The highest BCUT2D eigenvalue weighted by atomic mass is 32.2. The molecule has 120 valence electrons. The Bertz CT molecular complexity index is 556. The van der Waals surface area contributed by atoms with Crippen molar-refractivity contribution in [2.75, 3.05) is 12.8 Å². The average molecular weight is 321 g/mol. The lowest BCUT2D eigenvalue weighted by atomic mass is 10.1. The molecule has 0 bridgehead atoms. The molecule has 0 saturated heterocycles. The molecule has 4 nitrogen and oxygen atoms in total. The van der Waals surface area contributed by atoms with Crippen molar-refractivity contribution in [2.24, 2.45) is 0 Å². The Kier molecular flexibility index (Phi) is 5.69. The van der Waals surface area contributed by atoms with Crippen LogP contribution >= 0.6 is 0 Å². The molecular formula is C14H21F2NO3S. The topological polar surface area (TPSA) is 55.4 Å². The second-order valence-electron chi connectivity index (χ2n) is 5.58. The predicted molar refractivity (Wildman–Crippen MR) is 78.4 cm³/mol. The molecule has 1 N–H and O–H groups in total. The van der Waals surface area contributed by atoms with Crippen LogP contribution in [0.15, 0.2) is 24.3 Å². The van der Waals surface area contributed by atoms with Crippen LogP contribution in [0.3, 0.4) is 0 Å². The summed E-state index contributed by atoms with van der Waals surface area (Å²) in [6, 6.07) is 6.15. The molecule has 1 aromatic carbocycles. The molecule has 0 aliphatic carbocycles. The number of hydrogen-bond acceptors (Lipinski definition) is 4. The van der Waals surface area contributed by atoms with Gasteiger partial charge < -0.3 is 10.1 Å². The molecule has 7 heteroatoms. The maximum absolute atomic E-state index is 12.1. The third kappa shape index (κ3) is 5.24. The van der Waals surface area contributed by atoms with Crippen molar-refractivity contribution in [1.82, 2.24) is 5.32 Å². The molecule has 21 heavy (non-hydrogen) atoms. The van der Waals surface area contributed by atoms with Gasteiger partial charge in [-0.05, 0) is 38.5 Å². The molecule has 1 aromatic rings. The Balaban J connectivity index is 2.66. The minimum absolute atomic E-state index is 0.0948. The highest BCUT2D eigenvalue weighted by molar-refractivity contribution is 7.92. The smallest absolute Gasteiger partial charge is 0.387 e. The summed E-state index contributed by atoms with van der Waals surface area (Å²) in [6.45, 7) is 2.63. The van der Waals surface area contributed by atoms with E-state index < -0.39 is 21.2 Å². The standard InChI is InChI=1S/C14H21F2NO3S/c1-10(17-9-14(2,3)21(4,18)19)11-5-7-12(8-6-11)20-13(15)16/h5-8,10,13,17H,9H2,1-4H3. The Morgan fingerprint density at radius 2 is 1.76 bits per heavy atom. The van der Waals surface area contributed by atoms with E-state index in [9.17, 15) is 17.2 Å². The summed E-state index contributed by atoms with van der Waals surface area (Å²) in [4.78, 5) is 0. The van der Waals surface area contributed by atoms with Crippen molar-refractivity contribution < 1.29 is 21.9 Å². The molecule has 0 heterocycles. The van der Waals surface area contributed by atoms with Crippen LogP contribution in [0, 0.1) is 0 Å². The average Bonchev–Trinajstić information content (AvgIpc) is 2.35. The van der Waals surface area contributed by atoms with Gasteiger partial charge in [0.15, 0.2) is 9.84 Å². The fourth-order valence-corrected chi connectivity index (χ4v) is 1.93. The summed E-state index contributed by atoms with van der Waals surface area (Å²) in [7, 11) is -3.17. The van der Waals surface area contributed by atoms with Gasteiger partial charge in [-0.25, -0.2) is 8.42 Å². The van der Waals surface area contributed by atoms with Crippen molar-refractivity contribution in [3.05, 3.63) is 29.8 Å². The second-order valence-corrected chi connectivity index (χ2v) is 8.23. The van der Waals surface area contributed by atoms with E-state index in [0.29, 0.717) is 6.54 Å². The second kappa shape index (κ2) is 6.70. The molecule has 0 aliphatic heterocycles. The lowest BCUT2D eigenvalue weighted by Gasteiger charge is -2.25. The lowest BCUT2D eigenvalue weighted by molar-refractivity contribution is -0.0498. The van der Waals surface area contributed by atoms with E-state index in [0.717, 1.165) is 5.56 Å². The summed E-state index contributed by atoms with van der Waals surface area (Å²) >= 11 is 0. The predicted octanol–water partition coefficient (Wildman–Crippen LogP) is 2.76. The van der Waals surface area contributed by atoms with Gasteiger partial charge in [0.2, 0.25) is 0 Å². The van der Waals surface area contributed by atoms with E-state index in [-0.39, 0.29) is 11.8 Å². The third-order valence-electron chi connectivity index (χ3n) is 3.44. The number of halogens is 2. The molecule has 0 radical (unpaired) electrons. The molecule has 1 atom stereocenters. The molecule has 0 spiro atoms. The Morgan fingerprint density at radius 1 is 1.24 bits per heavy atom. The first-order valence-corrected chi connectivity index (χ1v) is 8.40. The number of ether oxygens (including phenoxy) is 1. The van der Waals surface area contributed by atoms with Crippen molar-refractivity contribution in [3.63, 3.8) is 0 Å². The third-order valence-corrected chi connectivity index (χ3v) is 5.59. The summed E-state index contributed by atoms with van der Waals surface area (Å²) in [6.07, 6.45) is 1.20. The fourth-order valence-electron chi connectivity index (χ4n) is 1.59. The van der Waals surface area contributed by atoms with E-state index in [4.69, 9.17) is 0 Å². The Labute approximate surface area is 124 Å². The zero-order valence-electron chi connectivity index (χ0n) is 12.6. The summed E-state index contributed by atoms with van der Waals surface area (Å²) in [5.41, 5.74) is 0.862. The Morgan fingerprint density at radius 3 is 2.19 bits per heavy atom. The first-order chi connectivity index (χ1) is 9.53. The van der Waals surface area contributed by atoms with E-state index >= 15 is 0 Å². The van der Waals surface area contributed by atoms with Crippen LogP contribution in [0.5, 0.6) is 5.75 Å². The van der Waals surface area contributed by atoms with E-state index in [1.807, 2.05) is 6.92 Å². The van der Waals surface area contributed by atoms with Gasteiger partial charge in [-0.2, -0.15) is 8.78 Å². The van der Waals surface area contributed by atoms with Crippen LogP contribution in [0.4, 0.5) is 8.78 Å².